The molecule has 166 valence electrons. The molecule has 0 aliphatic rings. The van der Waals surface area contributed by atoms with Crippen LogP contribution in [0.5, 0.6) is 0 Å². The van der Waals surface area contributed by atoms with Gasteiger partial charge in [0.05, 0.1) is 0 Å². The second kappa shape index (κ2) is 11.2. The lowest BCUT2D eigenvalue weighted by Crippen LogP contribution is -2.26. The molecule has 0 aliphatic carbocycles. The first-order valence-electron chi connectivity index (χ1n) is 10.7. The van der Waals surface area contributed by atoms with Crippen LogP contribution in [0.1, 0.15) is 45.7 Å². The predicted octanol–water partition coefficient (Wildman–Crippen LogP) is 4.85. The van der Waals surface area contributed by atoms with E-state index in [1.165, 1.54) is 29.8 Å². The Morgan fingerprint density at radius 1 is 0.781 bits per heavy atom. The maximum absolute atomic E-state index is 13.0. The smallest absolute Gasteiger partial charge is 0.255 e. The van der Waals surface area contributed by atoms with Crippen LogP contribution in [0.25, 0.3) is 0 Å². The summed E-state index contributed by atoms with van der Waals surface area (Å²) in [4.78, 5) is 27.2. The second-order valence-corrected chi connectivity index (χ2v) is 7.45. The number of hydrogen-bond donors (Lipinski definition) is 2. The van der Waals surface area contributed by atoms with Gasteiger partial charge in [-0.15, -0.1) is 0 Å². The summed E-state index contributed by atoms with van der Waals surface area (Å²) < 4.78 is 13.0. The Kier molecular flexibility index (Phi) is 8.11. The van der Waals surface area contributed by atoms with Gasteiger partial charge < -0.3 is 10.6 Å². The van der Waals surface area contributed by atoms with Crippen molar-refractivity contribution < 1.29 is 14.0 Å². The van der Waals surface area contributed by atoms with Crippen LogP contribution in [-0.2, 0) is 13.1 Å². The lowest BCUT2D eigenvalue weighted by molar-refractivity contribution is 0.0950. The topological polar surface area (TPSA) is 61.4 Å². The minimum absolute atomic E-state index is 0.181. The second-order valence-electron chi connectivity index (χ2n) is 7.45. The fourth-order valence-corrected chi connectivity index (χ4v) is 3.36. The Bertz CT molecular complexity index is 1050. The molecule has 3 rings (SSSR count). The highest BCUT2D eigenvalue weighted by molar-refractivity contribution is 6.04. The van der Waals surface area contributed by atoms with E-state index < -0.39 is 5.82 Å². The Hall–Kier alpha value is -3.51. The highest BCUT2D eigenvalue weighted by atomic mass is 19.1. The van der Waals surface area contributed by atoms with Gasteiger partial charge >= 0.3 is 0 Å². The van der Waals surface area contributed by atoms with Gasteiger partial charge in [0.1, 0.15) is 5.82 Å². The fraction of sp³-hybridized carbons (Fsp3) is 0.231. The van der Waals surface area contributed by atoms with E-state index in [2.05, 4.69) is 35.4 Å². The summed E-state index contributed by atoms with van der Waals surface area (Å²) in [7, 11) is 0. The van der Waals surface area contributed by atoms with Crippen molar-refractivity contribution in [1.29, 1.82) is 0 Å². The number of carbonyl (C=O) groups is 2. The minimum atomic E-state index is -0.396. The Morgan fingerprint density at radius 2 is 1.34 bits per heavy atom. The average Bonchev–Trinajstić information content (AvgIpc) is 2.82. The van der Waals surface area contributed by atoms with Crippen molar-refractivity contribution in [3.63, 3.8) is 0 Å². The van der Waals surface area contributed by atoms with E-state index >= 15 is 0 Å². The molecule has 0 unspecified atom stereocenters. The van der Waals surface area contributed by atoms with Gasteiger partial charge in [0, 0.05) is 29.9 Å². The number of amides is 2. The monoisotopic (exact) mass is 433 g/mol. The molecule has 32 heavy (non-hydrogen) atoms. The number of nitrogens with zero attached hydrogens (tertiary/aromatic N) is 1. The Balaban J connectivity index is 1.58. The zero-order valence-electron chi connectivity index (χ0n) is 18.4. The van der Waals surface area contributed by atoms with Gasteiger partial charge in [-0.3, -0.25) is 14.5 Å². The molecule has 0 atom stereocenters. The molecule has 0 heterocycles. The molecule has 0 radical (unpaired) electrons. The summed E-state index contributed by atoms with van der Waals surface area (Å²) in [5, 5.41) is 5.72. The van der Waals surface area contributed by atoms with Crippen molar-refractivity contribution in [3.05, 3.63) is 101 Å². The molecule has 0 saturated heterocycles. The first-order valence-corrected chi connectivity index (χ1v) is 10.7. The molecule has 0 aliphatic heterocycles. The molecule has 2 N–H and O–H groups in total. The van der Waals surface area contributed by atoms with Crippen molar-refractivity contribution in [3.8, 4) is 0 Å². The van der Waals surface area contributed by atoms with E-state index in [9.17, 15) is 14.0 Å². The van der Waals surface area contributed by atoms with Gasteiger partial charge in [-0.25, -0.2) is 4.39 Å². The van der Waals surface area contributed by atoms with Crippen LogP contribution in [0.4, 0.5) is 10.1 Å². The van der Waals surface area contributed by atoms with E-state index in [1.54, 1.807) is 24.3 Å². The predicted molar refractivity (Wildman–Crippen MR) is 125 cm³/mol. The van der Waals surface area contributed by atoms with Crippen molar-refractivity contribution >= 4 is 17.5 Å². The fourth-order valence-electron chi connectivity index (χ4n) is 3.36. The van der Waals surface area contributed by atoms with Crippen molar-refractivity contribution in [1.82, 2.24) is 10.2 Å². The minimum Gasteiger partial charge on any atom is -0.348 e. The number of benzene rings is 3. The number of halogens is 1. The molecule has 0 bridgehead atoms. The van der Waals surface area contributed by atoms with Crippen LogP contribution in [0.2, 0.25) is 0 Å². The van der Waals surface area contributed by atoms with Gasteiger partial charge in [-0.2, -0.15) is 0 Å². The third-order valence-corrected chi connectivity index (χ3v) is 5.36. The van der Waals surface area contributed by atoms with E-state index in [4.69, 9.17) is 0 Å². The number of hydrogen-bond acceptors (Lipinski definition) is 3. The van der Waals surface area contributed by atoms with E-state index in [0.717, 1.165) is 25.2 Å². The Labute approximate surface area is 188 Å². The molecule has 2 amide bonds. The summed E-state index contributed by atoms with van der Waals surface area (Å²) >= 11 is 0. The summed E-state index contributed by atoms with van der Waals surface area (Å²) in [5.41, 5.74) is 3.72. The van der Waals surface area contributed by atoms with Gasteiger partial charge in [-0.05, 0) is 72.7 Å². The number of anilines is 1. The SMILES string of the molecule is CCN(CC)Cc1ccccc1CNC(=O)c1ccc(NC(=O)c2ccc(F)cc2)cc1. The van der Waals surface area contributed by atoms with Crippen LogP contribution in [0.3, 0.4) is 0 Å². The van der Waals surface area contributed by atoms with Gasteiger partial charge in [0.25, 0.3) is 11.8 Å². The molecule has 3 aromatic carbocycles. The first-order chi connectivity index (χ1) is 15.5. The number of carbonyl (C=O) groups excluding carboxylic acids is 2. The summed E-state index contributed by atoms with van der Waals surface area (Å²) in [6.45, 7) is 7.52. The van der Waals surface area contributed by atoms with Gasteiger partial charge in [0.2, 0.25) is 0 Å². The molecule has 6 heteroatoms. The molecule has 0 aromatic heterocycles. The van der Waals surface area contributed by atoms with E-state index in [-0.39, 0.29) is 11.8 Å². The standard InChI is InChI=1S/C26H28FN3O2/c1-3-30(4-2)18-22-8-6-5-7-21(22)17-28-25(31)19-11-15-24(16-12-19)29-26(32)20-9-13-23(27)14-10-20/h5-16H,3-4,17-18H2,1-2H3,(H,28,31)(H,29,32). The zero-order chi connectivity index (χ0) is 22.9. The third-order valence-electron chi connectivity index (χ3n) is 5.36. The van der Waals surface area contributed by atoms with Crippen molar-refractivity contribution in [2.75, 3.05) is 18.4 Å². The van der Waals surface area contributed by atoms with Crippen LogP contribution >= 0.6 is 0 Å². The maximum atomic E-state index is 13.0. The molecule has 0 fully saturated rings. The van der Waals surface area contributed by atoms with Crippen molar-refractivity contribution in [2.24, 2.45) is 0 Å². The highest BCUT2D eigenvalue weighted by Crippen LogP contribution is 2.14. The van der Waals surface area contributed by atoms with E-state index in [1.807, 2.05) is 18.2 Å². The molecule has 0 saturated carbocycles. The lowest BCUT2D eigenvalue weighted by atomic mass is 10.1. The maximum Gasteiger partial charge on any atom is 0.255 e. The summed E-state index contributed by atoms with van der Waals surface area (Å²) in [6, 6.07) is 20.1. The highest BCUT2D eigenvalue weighted by Gasteiger charge is 2.10. The molecule has 5 nitrogen and oxygen atoms in total. The zero-order valence-corrected chi connectivity index (χ0v) is 18.4. The molecular formula is C26H28FN3O2. The van der Waals surface area contributed by atoms with Gasteiger partial charge in [-0.1, -0.05) is 38.1 Å². The first kappa shape index (κ1) is 23.2. The number of nitrogens with one attached hydrogen (secondary N) is 2. The van der Waals surface area contributed by atoms with Crippen LogP contribution in [0, 0.1) is 5.82 Å². The quantitative estimate of drug-likeness (QED) is 0.507. The Morgan fingerprint density at radius 3 is 1.97 bits per heavy atom. The number of rotatable bonds is 9. The summed E-state index contributed by atoms with van der Waals surface area (Å²) in [5.74, 6) is -0.918. The van der Waals surface area contributed by atoms with Crippen molar-refractivity contribution in [2.45, 2.75) is 26.9 Å². The molecule has 3 aromatic rings. The summed E-state index contributed by atoms with van der Waals surface area (Å²) in [6.07, 6.45) is 0. The molecular weight excluding hydrogens is 405 g/mol. The van der Waals surface area contributed by atoms with Crippen LogP contribution in [0.15, 0.2) is 72.8 Å². The average molecular weight is 434 g/mol. The van der Waals surface area contributed by atoms with Crippen LogP contribution < -0.4 is 10.6 Å². The molecule has 0 spiro atoms. The lowest BCUT2D eigenvalue weighted by Gasteiger charge is -2.20. The van der Waals surface area contributed by atoms with Crippen LogP contribution in [-0.4, -0.2) is 29.8 Å². The third kappa shape index (κ3) is 6.25. The largest absolute Gasteiger partial charge is 0.348 e. The van der Waals surface area contributed by atoms with E-state index in [0.29, 0.717) is 23.4 Å². The van der Waals surface area contributed by atoms with Gasteiger partial charge in [0.15, 0.2) is 0 Å². The normalized spacial score (nSPS) is 10.8.